The van der Waals surface area contributed by atoms with Gasteiger partial charge < -0.3 is 9.47 Å². The van der Waals surface area contributed by atoms with E-state index in [1.165, 1.54) is 7.11 Å². The number of hydrogen-bond donors (Lipinski definition) is 2. The molecule has 0 aromatic heterocycles. The van der Waals surface area contributed by atoms with Crippen molar-refractivity contribution in [2.75, 3.05) is 7.11 Å². The lowest BCUT2D eigenvalue weighted by Crippen LogP contribution is -2.47. The van der Waals surface area contributed by atoms with E-state index in [0.29, 0.717) is 11.5 Å². The highest BCUT2D eigenvalue weighted by Crippen LogP contribution is 2.26. The fraction of sp³-hybridized carbons (Fsp3) is 0.222. The van der Waals surface area contributed by atoms with Crippen LogP contribution in [0.1, 0.15) is 12.5 Å². The third-order valence-corrected chi connectivity index (χ3v) is 3.27. The van der Waals surface area contributed by atoms with Crippen LogP contribution in [0.3, 0.4) is 0 Å². The van der Waals surface area contributed by atoms with Gasteiger partial charge in [0.25, 0.3) is 5.91 Å². The lowest BCUT2D eigenvalue weighted by molar-refractivity contribution is -0.132. The molecule has 6 nitrogen and oxygen atoms in total. The van der Waals surface area contributed by atoms with Crippen molar-refractivity contribution in [2.24, 2.45) is 0 Å². The Labute approximate surface area is 140 Å². The smallest absolute Gasteiger partial charge is 0.279 e. The van der Waals surface area contributed by atoms with Gasteiger partial charge in [-0.1, -0.05) is 42.5 Å². The van der Waals surface area contributed by atoms with E-state index in [-0.39, 0.29) is 12.3 Å². The molecule has 0 bridgehead atoms. The second kappa shape index (κ2) is 8.57. The van der Waals surface area contributed by atoms with Crippen molar-refractivity contribution in [1.29, 1.82) is 0 Å². The molecular weight excluding hydrogens is 308 g/mol. The molecule has 0 heterocycles. The molecule has 2 rings (SSSR count). The number of hydrogen-bond acceptors (Lipinski definition) is 4. The average Bonchev–Trinajstić information content (AvgIpc) is 2.61. The quantitative estimate of drug-likeness (QED) is 0.794. The highest BCUT2D eigenvalue weighted by Gasteiger charge is 2.17. The molecule has 1 unspecified atom stereocenters. The van der Waals surface area contributed by atoms with Crippen molar-refractivity contribution in [3.63, 3.8) is 0 Å². The summed E-state index contributed by atoms with van der Waals surface area (Å²) < 4.78 is 10.7. The minimum absolute atomic E-state index is 0.183. The summed E-state index contributed by atoms with van der Waals surface area (Å²) in [5.41, 5.74) is 5.60. The normalized spacial score (nSPS) is 11.2. The van der Waals surface area contributed by atoms with Crippen molar-refractivity contribution in [2.45, 2.75) is 19.4 Å². The van der Waals surface area contributed by atoms with Gasteiger partial charge in [-0.25, -0.2) is 0 Å². The maximum atomic E-state index is 12.0. The summed E-state index contributed by atoms with van der Waals surface area (Å²) in [5.74, 6) is 0.227. The number of rotatable bonds is 6. The predicted octanol–water partition coefficient (Wildman–Crippen LogP) is 1.85. The minimum Gasteiger partial charge on any atom is -0.493 e. The van der Waals surface area contributed by atoms with E-state index >= 15 is 0 Å². The van der Waals surface area contributed by atoms with Gasteiger partial charge in [-0.15, -0.1) is 0 Å². The lowest BCUT2D eigenvalue weighted by Gasteiger charge is -2.16. The predicted molar refractivity (Wildman–Crippen MR) is 89.5 cm³/mol. The van der Waals surface area contributed by atoms with E-state index in [1.807, 2.05) is 30.3 Å². The number of carbonyl (C=O) groups is 2. The zero-order chi connectivity index (χ0) is 17.4. The highest BCUT2D eigenvalue weighted by molar-refractivity contribution is 5.85. The monoisotopic (exact) mass is 328 g/mol. The van der Waals surface area contributed by atoms with E-state index in [2.05, 4.69) is 10.9 Å². The van der Waals surface area contributed by atoms with Crippen LogP contribution in [0.5, 0.6) is 11.5 Å². The summed E-state index contributed by atoms with van der Waals surface area (Å²) in [6, 6.07) is 16.3. The fourth-order valence-electron chi connectivity index (χ4n) is 2.02. The molecule has 1 atom stereocenters. The number of carbonyl (C=O) groups excluding carboxylic acids is 2. The van der Waals surface area contributed by atoms with Crippen LogP contribution in [0.15, 0.2) is 54.6 Å². The van der Waals surface area contributed by atoms with Crippen LogP contribution in [0.4, 0.5) is 0 Å². The molecule has 0 saturated heterocycles. The second-order valence-corrected chi connectivity index (χ2v) is 5.11. The number of ether oxygens (including phenoxy) is 2. The van der Waals surface area contributed by atoms with Crippen LogP contribution in [0, 0.1) is 0 Å². The molecule has 2 N–H and O–H groups in total. The van der Waals surface area contributed by atoms with E-state index < -0.39 is 12.0 Å². The van der Waals surface area contributed by atoms with Crippen molar-refractivity contribution in [3.05, 3.63) is 60.2 Å². The van der Waals surface area contributed by atoms with Crippen LogP contribution in [0.25, 0.3) is 0 Å². The standard InChI is InChI=1S/C18H20N2O4/c1-13(24-16-11-7-6-10-15(16)23-2)18(22)20-19-17(21)12-14-8-4-3-5-9-14/h3-11,13H,12H2,1-2H3,(H,19,21)(H,20,22). The summed E-state index contributed by atoms with van der Waals surface area (Å²) in [6.07, 6.45) is -0.610. The Bertz CT molecular complexity index is 688. The first kappa shape index (κ1) is 17.3. The van der Waals surface area contributed by atoms with Crippen LogP contribution in [-0.2, 0) is 16.0 Å². The molecule has 6 heteroatoms. The number of nitrogens with one attached hydrogen (secondary N) is 2. The van der Waals surface area contributed by atoms with E-state index in [4.69, 9.17) is 9.47 Å². The van der Waals surface area contributed by atoms with Gasteiger partial charge in [0.2, 0.25) is 5.91 Å². The summed E-state index contributed by atoms with van der Waals surface area (Å²) in [6.45, 7) is 1.59. The molecular formula is C18H20N2O4. The first-order chi connectivity index (χ1) is 11.6. The van der Waals surface area contributed by atoms with Gasteiger partial charge in [-0.3, -0.25) is 20.4 Å². The molecule has 0 radical (unpaired) electrons. The van der Waals surface area contributed by atoms with E-state index in [1.54, 1.807) is 31.2 Å². The number of para-hydroxylation sites is 2. The van der Waals surface area contributed by atoms with Gasteiger partial charge >= 0.3 is 0 Å². The molecule has 0 spiro atoms. The van der Waals surface area contributed by atoms with Crippen molar-refractivity contribution in [1.82, 2.24) is 10.9 Å². The molecule has 0 aliphatic rings. The van der Waals surface area contributed by atoms with Crippen molar-refractivity contribution < 1.29 is 19.1 Å². The van der Waals surface area contributed by atoms with Crippen LogP contribution in [-0.4, -0.2) is 25.0 Å². The summed E-state index contributed by atoms with van der Waals surface area (Å²) in [7, 11) is 1.52. The van der Waals surface area contributed by atoms with Crippen LogP contribution in [0.2, 0.25) is 0 Å². The van der Waals surface area contributed by atoms with Gasteiger partial charge in [0.05, 0.1) is 13.5 Å². The Morgan fingerprint density at radius 3 is 2.25 bits per heavy atom. The van der Waals surface area contributed by atoms with Crippen molar-refractivity contribution >= 4 is 11.8 Å². The Morgan fingerprint density at radius 2 is 1.58 bits per heavy atom. The first-order valence-electron chi connectivity index (χ1n) is 7.52. The Hall–Kier alpha value is -3.02. The van der Waals surface area contributed by atoms with Gasteiger partial charge in [0.15, 0.2) is 17.6 Å². The Balaban J connectivity index is 1.82. The zero-order valence-corrected chi connectivity index (χ0v) is 13.6. The maximum Gasteiger partial charge on any atom is 0.279 e. The Kier molecular flexibility index (Phi) is 6.19. The topological polar surface area (TPSA) is 76.7 Å². The summed E-state index contributed by atoms with van der Waals surface area (Å²) in [5, 5.41) is 0. The minimum atomic E-state index is -0.793. The van der Waals surface area contributed by atoms with Crippen LogP contribution < -0.4 is 20.3 Å². The molecule has 2 aromatic carbocycles. The SMILES string of the molecule is COc1ccccc1OC(C)C(=O)NNC(=O)Cc1ccccc1. The number of amides is 2. The molecule has 2 amide bonds. The molecule has 0 fully saturated rings. The summed E-state index contributed by atoms with van der Waals surface area (Å²) in [4.78, 5) is 23.8. The molecule has 0 aliphatic heterocycles. The molecule has 126 valence electrons. The van der Waals surface area contributed by atoms with Gasteiger partial charge in [-0.2, -0.15) is 0 Å². The molecule has 24 heavy (non-hydrogen) atoms. The van der Waals surface area contributed by atoms with E-state index in [9.17, 15) is 9.59 Å². The maximum absolute atomic E-state index is 12.0. The summed E-state index contributed by atoms with van der Waals surface area (Å²) >= 11 is 0. The lowest BCUT2D eigenvalue weighted by atomic mass is 10.1. The van der Waals surface area contributed by atoms with Gasteiger partial charge in [0, 0.05) is 0 Å². The number of benzene rings is 2. The highest BCUT2D eigenvalue weighted by atomic mass is 16.5. The number of hydrazine groups is 1. The molecule has 0 saturated carbocycles. The third kappa shape index (κ3) is 5.01. The fourth-order valence-corrected chi connectivity index (χ4v) is 2.02. The molecule has 2 aromatic rings. The largest absolute Gasteiger partial charge is 0.493 e. The van der Waals surface area contributed by atoms with Crippen LogP contribution >= 0.6 is 0 Å². The second-order valence-electron chi connectivity index (χ2n) is 5.11. The zero-order valence-electron chi connectivity index (χ0n) is 13.6. The van der Waals surface area contributed by atoms with Gasteiger partial charge in [-0.05, 0) is 24.6 Å². The van der Waals surface area contributed by atoms with E-state index in [0.717, 1.165) is 5.56 Å². The third-order valence-electron chi connectivity index (χ3n) is 3.27. The Morgan fingerprint density at radius 1 is 0.958 bits per heavy atom. The first-order valence-corrected chi connectivity index (χ1v) is 7.52. The van der Waals surface area contributed by atoms with Crippen molar-refractivity contribution in [3.8, 4) is 11.5 Å². The average molecular weight is 328 g/mol. The molecule has 0 aliphatic carbocycles. The van der Waals surface area contributed by atoms with Gasteiger partial charge in [0.1, 0.15) is 0 Å². The number of methoxy groups -OCH3 is 1.